The van der Waals surface area contributed by atoms with Gasteiger partial charge in [-0.15, -0.1) is 0 Å². The van der Waals surface area contributed by atoms with Crippen LogP contribution in [-0.2, 0) is 7.05 Å². The molecule has 0 aliphatic rings. The molecule has 9 heteroatoms. The summed E-state index contributed by atoms with van der Waals surface area (Å²) in [7, 11) is 1.53. The van der Waals surface area contributed by atoms with Gasteiger partial charge in [0.25, 0.3) is 0 Å². The Balaban J connectivity index is 2.47. The second-order valence-corrected chi connectivity index (χ2v) is 4.08. The van der Waals surface area contributed by atoms with E-state index in [0.29, 0.717) is 5.03 Å². The standard InChI is InChI=1S/C9H6N6O2S/c1-15-9(13-6(16)7(17)14-15)18-8-5(4-10)11-2-3-12-8/h2-3H,1H3,(H,14,17). The molecular weight excluding hydrogens is 256 g/mol. The molecule has 0 saturated heterocycles. The van der Waals surface area contributed by atoms with Crippen molar-refractivity contribution in [1.82, 2.24) is 24.7 Å². The van der Waals surface area contributed by atoms with Gasteiger partial charge in [0.15, 0.2) is 10.9 Å². The normalized spacial score (nSPS) is 10.0. The highest BCUT2D eigenvalue weighted by atomic mass is 32.2. The molecule has 0 unspecified atom stereocenters. The fraction of sp³-hybridized carbons (Fsp3) is 0.111. The summed E-state index contributed by atoms with van der Waals surface area (Å²) in [4.78, 5) is 33.6. The van der Waals surface area contributed by atoms with E-state index >= 15 is 0 Å². The third kappa shape index (κ3) is 2.28. The van der Waals surface area contributed by atoms with E-state index in [9.17, 15) is 9.59 Å². The Morgan fingerprint density at radius 2 is 2.11 bits per heavy atom. The van der Waals surface area contributed by atoms with Crippen LogP contribution < -0.4 is 11.1 Å². The Labute approximate surface area is 104 Å². The first-order valence-electron chi connectivity index (χ1n) is 4.68. The summed E-state index contributed by atoms with van der Waals surface area (Å²) in [6.07, 6.45) is 2.81. The topological polar surface area (TPSA) is 117 Å². The highest BCUT2D eigenvalue weighted by Crippen LogP contribution is 2.23. The zero-order valence-corrected chi connectivity index (χ0v) is 9.93. The number of nitrogens with zero attached hydrogens (tertiary/aromatic N) is 5. The van der Waals surface area contributed by atoms with Gasteiger partial charge in [-0.2, -0.15) is 10.2 Å². The third-order valence-electron chi connectivity index (χ3n) is 1.91. The number of aromatic amines is 1. The van der Waals surface area contributed by atoms with Gasteiger partial charge in [0, 0.05) is 19.4 Å². The van der Waals surface area contributed by atoms with Crippen LogP contribution in [0.3, 0.4) is 0 Å². The van der Waals surface area contributed by atoms with Crippen molar-refractivity contribution in [3.63, 3.8) is 0 Å². The SMILES string of the molecule is Cn1[nH]c(=O)c(=O)nc1Sc1nccnc1C#N. The lowest BCUT2D eigenvalue weighted by atomic mass is 10.5. The highest BCUT2D eigenvalue weighted by Gasteiger charge is 2.11. The van der Waals surface area contributed by atoms with E-state index < -0.39 is 11.1 Å². The van der Waals surface area contributed by atoms with E-state index in [-0.39, 0.29) is 10.9 Å². The molecule has 2 heterocycles. The average Bonchev–Trinajstić information content (AvgIpc) is 2.36. The van der Waals surface area contributed by atoms with Gasteiger partial charge in [0.2, 0.25) is 0 Å². The van der Waals surface area contributed by atoms with Crippen molar-refractivity contribution in [2.45, 2.75) is 10.2 Å². The van der Waals surface area contributed by atoms with Crippen molar-refractivity contribution < 1.29 is 0 Å². The Kier molecular flexibility index (Phi) is 3.20. The number of hydrogen-bond acceptors (Lipinski definition) is 7. The number of rotatable bonds is 2. The number of hydrogen-bond donors (Lipinski definition) is 1. The molecular formula is C9H6N6O2S. The number of nitrogens with one attached hydrogen (secondary N) is 1. The minimum atomic E-state index is -0.891. The number of aromatic nitrogens is 5. The van der Waals surface area contributed by atoms with Crippen LogP contribution in [0.25, 0.3) is 0 Å². The summed E-state index contributed by atoms with van der Waals surface area (Å²) >= 11 is 0.974. The number of aryl methyl sites for hydroxylation is 1. The Morgan fingerprint density at radius 3 is 2.83 bits per heavy atom. The predicted octanol–water partition coefficient (Wildman–Crippen LogP) is -0.719. The minimum absolute atomic E-state index is 0.128. The maximum atomic E-state index is 11.2. The largest absolute Gasteiger partial charge is 0.339 e. The molecule has 0 spiro atoms. The zero-order chi connectivity index (χ0) is 13.1. The lowest BCUT2D eigenvalue weighted by Crippen LogP contribution is -2.33. The summed E-state index contributed by atoms with van der Waals surface area (Å²) in [5, 5.41) is 11.7. The summed E-state index contributed by atoms with van der Waals surface area (Å²) in [6, 6.07) is 1.88. The predicted molar refractivity (Wildman–Crippen MR) is 61.0 cm³/mol. The molecule has 0 saturated carbocycles. The maximum absolute atomic E-state index is 11.2. The fourth-order valence-corrected chi connectivity index (χ4v) is 1.91. The van der Waals surface area contributed by atoms with E-state index in [1.165, 1.54) is 24.1 Å². The quantitative estimate of drug-likeness (QED) is 0.709. The minimum Gasteiger partial charge on any atom is -0.265 e. The van der Waals surface area contributed by atoms with Crippen molar-refractivity contribution in [2.75, 3.05) is 0 Å². The van der Waals surface area contributed by atoms with E-state index in [2.05, 4.69) is 20.1 Å². The molecule has 90 valence electrons. The van der Waals surface area contributed by atoms with Gasteiger partial charge in [-0.3, -0.25) is 19.4 Å². The average molecular weight is 262 g/mol. The molecule has 18 heavy (non-hydrogen) atoms. The number of nitriles is 1. The maximum Gasteiger partial charge on any atom is 0.339 e. The van der Waals surface area contributed by atoms with Crippen molar-refractivity contribution in [1.29, 1.82) is 5.26 Å². The first-order valence-corrected chi connectivity index (χ1v) is 5.50. The second-order valence-electron chi connectivity index (χ2n) is 3.12. The molecule has 0 radical (unpaired) electrons. The van der Waals surface area contributed by atoms with E-state index in [4.69, 9.17) is 5.26 Å². The van der Waals surface area contributed by atoms with E-state index in [0.717, 1.165) is 11.8 Å². The zero-order valence-electron chi connectivity index (χ0n) is 9.12. The fourth-order valence-electron chi connectivity index (χ4n) is 1.11. The van der Waals surface area contributed by atoms with Gasteiger partial charge < -0.3 is 0 Å². The molecule has 2 rings (SSSR count). The van der Waals surface area contributed by atoms with Crippen molar-refractivity contribution in [3.8, 4) is 6.07 Å². The monoisotopic (exact) mass is 262 g/mol. The summed E-state index contributed by atoms with van der Waals surface area (Å²) in [5.41, 5.74) is -1.57. The van der Waals surface area contributed by atoms with Crippen LogP contribution in [0.4, 0.5) is 0 Å². The van der Waals surface area contributed by atoms with Gasteiger partial charge >= 0.3 is 11.1 Å². The Morgan fingerprint density at radius 1 is 1.39 bits per heavy atom. The smallest absolute Gasteiger partial charge is 0.265 e. The van der Waals surface area contributed by atoms with Crippen molar-refractivity contribution in [3.05, 3.63) is 38.8 Å². The van der Waals surface area contributed by atoms with Crippen LogP contribution in [0, 0.1) is 11.3 Å². The van der Waals surface area contributed by atoms with Crippen LogP contribution in [0.15, 0.2) is 32.2 Å². The molecule has 0 fully saturated rings. The van der Waals surface area contributed by atoms with Gasteiger partial charge in [0.05, 0.1) is 0 Å². The van der Waals surface area contributed by atoms with Gasteiger partial charge in [-0.25, -0.2) is 9.97 Å². The summed E-state index contributed by atoms with van der Waals surface area (Å²) in [5.74, 6) is 0. The van der Waals surface area contributed by atoms with Crippen molar-refractivity contribution >= 4 is 11.8 Å². The Hall–Kier alpha value is -2.47. The molecule has 1 N–H and O–H groups in total. The first kappa shape index (κ1) is 12.0. The van der Waals surface area contributed by atoms with Gasteiger partial charge in [-0.1, -0.05) is 0 Å². The van der Waals surface area contributed by atoms with Crippen LogP contribution in [0.1, 0.15) is 5.69 Å². The van der Waals surface area contributed by atoms with Crippen molar-refractivity contribution in [2.24, 2.45) is 7.05 Å². The molecule has 2 aromatic heterocycles. The summed E-state index contributed by atoms with van der Waals surface area (Å²) in [6.45, 7) is 0. The molecule has 0 aliphatic heterocycles. The first-order chi connectivity index (χ1) is 8.61. The Bertz CT molecular complexity index is 744. The summed E-state index contributed by atoms with van der Waals surface area (Å²) < 4.78 is 1.28. The second kappa shape index (κ2) is 4.80. The molecule has 0 aromatic carbocycles. The van der Waals surface area contributed by atoms with Crippen LogP contribution in [-0.4, -0.2) is 24.7 Å². The molecule has 0 aliphatic carbocycles. The third-order valence-corrected chi connectivity index (χ3v) is 2.95. The number of H-pyrrole nitrogens is 1. The highest BCUT2D eigenvalue weighted by molar-refractivity contribution is 7.99. The van der Waals surface area contributed by atoms with Gasteiger partial charge in [-0.05, 0) is 11.8 Å². The molecule has 0 amide bonds. The molecule has 2 aromatic rings. The molecule has 0 atom stereocenters. The van der Waals surface area contributed by atoms with Crippen LogP contribution in [0.2, 0.25) is 0 Å². The van der Waals surface area contributed by atoms with Gasteiger partial charge in [0.1, 0.15) is 11.1 Å². The van der Waals surface area contributed by atoms with Crippen LogP contribution >= 0.6 is 11.8 Å². The molecule has 0 bridgehead atoms. The van der Waals surface area contributed by atoms with Crippen LogP contribution in [0.5, 0.6) is 0 Å². The molecule has 8 nitrogen and oxygen atoms in total. The lowest BCUT2D eigenvalue weighted by molar-refractivity contribution is 0.596. The van der Waals surface area contributed by atoms with E-state index in [1.807, 2.05) is 6.07 Å². The van der Waals surface area contributed by atoms with E-state index in [1.54, 1.807) is 0 Å². The lowest BCUT2D eigenvalue weighted by Gasteiger charge is -2.05.